The molecule has 0 bridgehead atoms. The lowest BCUT2D eigenvalue weighted by Gasteiger charge is -2.23. The number of para-hydroxylation sites is 1. The van der Waals surface area contributed by atoms with Gasteiger partial charge < -0.3 is 10.1 Å². The van der Waals surface area contributed by atoms with Crippen molar-refractivity contribution >= 4 is 0 Å². The number of benzene rings is 2. The number of ether oxygens (including phenoxy) is 1. The number of hydrogen-bond acceptors (Lipinski definition) is 2. The SMILES string of the molecule is c1ccc(Oc2ccc([C@@H]3CCCCN3)cc2)cc1. The summed E-state index contributed by atoms with van der Waals surface area (Å²) in [6, 6.07) is 18.8. The Morgan fingerprint density at radius 3 is 2.26 bits per heavy atom. The average Bonchev–Trinajstić information content (AvgIpc) is 2.50. The quantitative estimate of drug-likeness (QED) is 0.880. The first-order valence-corrected chi connectivity index (χ1v) is 6.98. The molecule has 0 aliphatic carbocycles. The van der Waals surface area contributed by atoms with E-state index in [1.165, 1.54) is 24.8 Å². The molecule has 2 heteroatoms. The Labute approximate surface area is 114 Å². The fourth-order valence-electron chi connectivity index (χ4n) is 2.53. The third-order valence-electron chi connectivity index (χ3n) is 3.57. The molecule has 1 aliphatic rings. The molecule has 3 rings (SSSR count). The average molecular weight is 253 g/mol. The molecule has 19 heavy (non-hydrogen) atoms. The van der Waals surface area contributed by atoms with Gasteiger partial charge in [-0.15, -0.1) is 0 Å². The topological polar surface area (TPSA) is 21.3 Å². The summed E-state index contributed by atoms with van der Waals surface area (Å²) >= 11 is 0. The number of piperidine rings is 1. The molecule has 1 saturated heterocycles. The van der Waals surface area contributed by atoms with Crippen LogP contribution in [0.25, 0.3) is 0 Å². The van der Waals surface area contributed by atoms with Crippen LogP contribution < -0.4 is 10.1 Å². The Bertz CT molecular complexity index is 501. The molecule has 2 aromatic rings. The fourth-order valence-corrected chi connectivity index (χ4v) is 2.53. The molecule has 98 valence electrons. The highest BCUT2D eigenvalue weighted by atomic mass is 16.5. The van der Waals surface area contributed by atoms with Crippen LogP contribution in [-0.4, -0.2) is 6.54 Å². The Hall–Kier alpha value is -1.80. The molecule has 1 fully saturated rings. The molecule has 0 saturated carbocycles. The van der Waals surface area contributed by atoms with Crippen molar-refractivity contribution in [3.63, 3.8) is 0 Å². The molecule has 0 unspecified atom stereocenters. The van der Waals surface area contributed by atoms with Gasteiger partial charge in [0.15, 0.2) is 0 Å². The van der Waals surface area contributed by atoms with E-state index in [1.54, 1.807) is 0 Å². The second-order valence-corrected chi connectivity index (χ2v) is 4.99. The molecule has 1 atom stereocenters. The summed E-state index contributed by atoms with van der Waals surface area (Å²) < 4.78 is 5.80. The lowest BCUT2D eigenvalue weighted by molar-refractivity contribution is 0.411. The highest BCUT2D eigenvalue weighted by Crippen LogP contribution is 2.26. The smallest absolute Gasteiger partial charge is 0.127 e. The van der Waals surface area contributed by atoms with Crippen molar-refractivity contribution in [2.45, 2.75) is 25.3 Å². The van der Waals surface area contributed by atoms with E-state index in [2.05, 4.69) is 29.6 Å². The number of nitrogens with one attached hydrogen (secondary N) is 1. The van der Waals surface area contributed by atoms with Crippen molar-refractivity contribution in [3.05, 3.63) is 60.2 Å². The van der Waals surface area contributed by atoms with E-state index in [0.29, 0.717) is 6.04 Å². The minimum atomic E-state index is 0.513. The minimum absolute atomic E-state index is 0.513. The molecule has 1 N–H and O–H groups in total. The Kier molecular flexibility index (Phi) is 3.80. The van der Waals surface area contributed by atoms with Gasteiger partial charge in [0.1, 0.15) is 11.5 Å². The first-order valence-electron chi connectivity index (χ1n) is 6.98. The van der Waals surface area contributed by atoms with Crippen LogP contribution in [0.5, 0.6) is 11.5 Å². The van der Waals surface area contributed by atoms with Crippen LogP contribution in [0.2, 0.25) is 0 Å². The van der Waals surface area contributed by atoms with Crippen LogP contribution in [0.15, 0.2) is 54.6 Å². The standard InChI is InChI=1S/C17H19NO/c1-2-6-15(7-3-1)19-16-11-9-14(10-12-16)17-8-4-5-13-18-17/h1-3,6-7,9-12,17-18H,4-5,8,13H2/t17-/m0/s1. The third-order valence-corrected chi connectivity index (χ3v) is 3.57. The number of hydrogen-bond donors (Lipinski definition) is 1. The molecule has 0 aromatic heterocycles. The normalized spacial score (nSPS) is 19.1. The van der Waals surface area contributed by atoms with Gasteiger partial charge in [0.2, 0.25) is 0 Å². The predicted molar refractivity (Wildman–Crippen MR) is 77.6 cm³/mol. The van der Waals surface area contributed by atoms with Gasteiger partial charge in [-0.25, -0.2) is 0 Å². The molecular weight excluding hydrogens is 234 g/mol. The summed E-state index contributed by atoms with van der Waals surface area (Å²) in [6.07, 6.45) is 3.85. The van der Waals surface area contributed by atoms with Crippen LogP contribution >= 0.6 is 0 Å². The zero-order chi connectivity index (χ0) is 12.9. The molecule has 2 nitrogen and oxygen atoms in total. The zero-order valence-electron chi connectivity index (χ0n) is 11.0. The fraction of sp³-hybridized carbons (Fsp3) is 0.294. The van der Waals surface area contributed by atoms with Crippen molar-refractivity contribution in [3.8, 4) is 11.5 Å². The van der Waals surface area contributed by atoms with E-state index >= 15 is 0 Å². The van der Waals surface area contributed by atoms with E-state index in [0.717, 1.165) is 18.0 Å². The molecule has 0 spiro atoms. The van der Waals surface area contributed by atoms with Crippen molar-refractivity contribution in [2.75, 3.05) is 6.54 Å². The summed E-state index contributed by atoms with van der Waals surface area (Å²) in [5.74, 6) is 1.77. The van der Waals surface area contributed by atoms with Gasteiger partial charge in [-0.05, 0) is 49.2 Å². The molecular formula is C17H19NO. The van der Waals surface area contributed by atoms with Gasteiger partial charge in [-0.3, -0.25) is 0 Å². The highest BCUT2D eigenvalue weighted by molar-refractivity contribution is 5.34. The van der Waals surface area contributed by atoms with Crippen LogP contribution in [0.4, 0.5) is 0 Å². The van der Waals surface area contributed by atoms with Gasteiger partial charge in [0.25, 0.3) is 0 Å². The zero-order valence-corrected chi connectivity index (χ0v) is 11.0. The van der Waals surface area contributed by atoms with E-state index in [-0.39, 0.29) is 0 Å². The van der Waals surface area contributed by atoms with Crippen molar-refractivity contribution in [1.82, 2.24) is 5.32 Å². The highest BCUT2D eigenvalue weighted by Gasteiger charge is 2.14. The van der Waals surface area contributed by atoms with E-state index in [1.807, 2.05) is 30.3 Å². The maximum absolute atomic E-state index is 5.80. The van der Waals surface area contributed by atoms with Crippen LogP contribution in [-0.2, 0) is 0 Å². The maximum atomic E-state index is 5.80. The summed E-state index contributed by atoms with van der Waals surface area (Å²) in [7, 11) is 0. The minimum Gasteiger partial charge on any atom is -0.457 e. The molecule has 1 heterocycles. The Morgan fingerprint density at radius 1 is 0.842 bits per heavy atom. The summed E-state index contributed by atoms with van der Waals surface area (Å²) in [5.41, 5.74) is 1.36. The van der Waals surface area contributed by atoms with Gasteiger partial charge in [0, 0.05) is 6.04 Å². The van der Waals surface area contributed by atoms with E-state index in [9.17, 15) is 0 Å². The third kappa shape index (κ3) is 3.15. The largest absolute Gasteiger partial charge is 0.457 e. The lowest BCUT2D eigenvalue weighted by atomic mass is 9.98. The summed E-state index contributed by atoms with van der Waals surface area (Å²) in [5, 5.41) is 3.56. The number of rotatable bonds is 3. The predicted octanol–water partition coefficient (Wildman–Crippen LogP) is 4.29. The van der Waals surface area contributed by atoms with Crippen molar-refractivity contribution in [2.24, 2.45) is 0 Å². The molecule has 0 amide bonds. The maximum Gasteiger partial charge on any atom is 0.127 e. The summed E-state index contributed by atoms with van der Waals surface area (Å²) in [4.78, 5) is 0. The Morgan fingerprint density at radius 2 is 1.58 bits per heavy atom. The molecule has 1 aliphatic heterocycles. The van der Waals surface area contributed by atoms with E-state index < -0.39 is 0 Å². The Balaban J connectivity index is 1.68. The van der Waals surface area contributed by atoms with Gasteiger partial charge in [0.05, 0.1) is 0 Å². The van der Waals surface area contributed by atoms with Crippen molar-refractivity contribution in [1.29, 1.82) is 0 Å². The first kappa shape index (κ1) is 12.2. The second kappa shape index (κ2) is 5.89. The van der Waals surface area contributed by atoms with Crippen LogP contribution in [0, 0.1) is 0 Å². The molecule has 2 aromatic carbocycles. The van der Waals surface area contributed by atoms with Gasteiger partial charge >= 0.3 is 0 Å². The van der Waals surface area contributed by atoms with Crippen molar-refractivity contribution < 1.29 is 4.74 Å². The second-order valence-electron chi connectivity index (χ2n) is 4.99. The molecule has 0 radical (unpaired) electrons. The van der Waals surface area contributed by atoms with E-state index in [4.69, 9.17) is 4.74 Å². The first-order chi connectivity index (χ1) is 9.42. The monoisotopic (exact) mass is 253 g/mol. The van der Waals surface area contributed by atoms with Gasteiger partial charge in [-0.2, -0.15) is 0 Å². The van der Waals surface area contributed by atoms with Crippen LogP contribution in [0.3, 0.4) is 0 Å². The lowest BCUT2D eigenvalue weighted by Crippen LogP contribution is -2.26. The van der Waals surface area contributed by atoms with Crippen LogP contribution in [0.1, 0.15) is 30.9 Å². The van der Waals surface area contributed by atoms with Gasteiger partial charge in [-0.1, -0.05) is 36.8 Å². The summed E-state index contributed by atoms with van der Waals surface area (Å²) in [6.45, 7) is 1.13.